The zero-order chi connectivity index (χ0) is 72.2. The minimum absolute atomic E-state index is 0. The third kappa shape index (κ3) is 20.5. The Bertz CT molecular complexity index is 4710. The summed E-state index contributed by atoms with van der Waals surface area (Å²) in [7, 11) is 2.24. The van der Waals surface area contributed by atoms with E-state index in [1.54, 1.807) is 0 Å². The van der Waals surface area contributed by atoms with Crippen LogP contribution in [0.15, 0.2) is 205 Å². The van der Waals surface area contributed by atoms with Gasteiger partial charge in [0.2, 0.25) is 16.0 Å². The van der Waals surface area contributed by atoms with Crippen molar-refractivity contribution >= 4 is 133 Å². The third-order valence-electron chi connectivity index (χ3n) is 14.5. The second kappa shape index (κ2) is 35.6. The summed E-state index contributed by atoms with van der Waals surface area (Å²) in [5, 5.41) is 126. The summed E-state index contributed by atoms with van der Waals surface area (Å²) < 4.78 is 7.90. The number of nitro groups is 4. The summed E-state index contributed by atoms with van der Waals surface area (Å²) in [6.07, 6.45) is 22.6. The number of aromatic hydroxyl groups is 4. The number of anilines is 1. The van der Waals surface area contributed by atoms with Gasteiger partial charge in [-0.1, -0.05) is 72.3 Å². The average molecular weight is 1510 g/mol. The van der Waals surface area contributed by atoms with Crippen LogP contribution in [-0.2, 0) is 36.5 Å². The van der Waals surface area contributed by atoms with Crippen LogP contribution in [0.1, 0.15) is 43.2 Å². The van der Waals surface area contributed by atoms with Gasteiger partial charge in [-0.2, -0.15) is 4.58 Å². The predicted octanol–water partition coefficient (Wildman–Crippen LogP) is 11.8. The summed E-state index contributed by atoms with van der Waals surface area (Å²) in [6.45, 7) is 3.63. The number of aliphatic hydroxyl groups is 2. The molecular weight excluding hydrogens is 1460 g/mol. The first kappa shape index (κ1) is 75.7. The first-order chi connectivity index (χ1) is 48.5. The Morgan fingerprint density at radius 2 is 1.05 bits per heavy atom. The quantitative estimate of drug-likeness (QED) is 0.0205. The maximum Gasteiger partial charge on any atom is 0.345 e. The van der Waals surface area contributed by atoms with Gasteiger partial charge in [0.25, 0.3) is 0 Å². The molecule has 0 bridgehead atoms. The van der Waals surface area contributed by atoms with E-state index in [1.165, 1.54) is 109 Å². The van der Waals surface area contributed by atoms with Gasteiger partial charge in [0.1, 0.15) is 76.8 Å². The van der Waals surface area contributed by atoms with Crippen LogP contribution < -0.4 is 24.5 Å². The van der Waals surface area contributed by atoms with E-state index in [4.69, 9.17) is 14.9 Å². The number of hydrogen-bond acceptors (Lipinski definition) is 32. The number of para-hydroxylation sites is 1. The molecule has 2 aliphatic heterocycles. The van der Waals surface area contributed by atoms with Crippen molar-refractivity contribution in [3.8, 4) is 23.0 Å². The van der Waals surface area contributed by atoms with Crippen molar-refractivity contribution in [3.63, 3.8) is 0 Å². The zero-order valence-corrected chi connectivity index (χ0v) is 56.9. The Kier molecular flexibility index (Phi) is 26.4. The smallest absolute Gasteiger partial charge is 0.345 e. The van der Waals surface area contributed by atoms with Crippen molar-refractivity contribution in [2.45, 2.75) is 37.5 Å². The number of rotatable bonds is 13. The first-order valence-corrected chi connectivity index (χ1v) is 32.7. The number of aliphatic hydroxyl groups excluding tert-OH is 2. The van der Waals surface area contributed by atoms with Gasteiger partial charge in [-0.15, -0.1) is 20.5 Å². The number of phenols is 4. The maximum absolute atomic E-state index is 10.9. The van der Waals surface area contributed by atoms with Gasteiger partial charge in [0.05, 0.1) is 38.3 Å². The number of benzene rings is 4. The third-order valence-corrected chi connectivity index (χ3v) is 17.8. The van der Waals surface area contributed by atoms with Gasteiger partial charge in [0.15, 0.2) is 17.3 Å². The molecule has 0 amide bonds. The molecule has 0 unspecified atom stereocenters. The molecule has 4 aromatic heterocycles. The van der Waals surface area contributed by atoms with E-state index in [1.807, 2.05) is 0 Å². The minimum Gasteiger partial charge on any atom is -0.508 e. The molecule has 40 heteroatoms. The first-order valence-electron chi connectivity index (χ1n) is 29.5. The molecule has 6 heterocycles. The number of allylic oxidation sites excluding steroid dienone is 7. The predicted molar refractivity (Wildman–Crippen MR) is 370 cm³/mol. The van der Waals surface area contributed by atoms with Gasteiger partial charge in [-0.05, 0) is 108 Å². The number of carbonyl (C=O) groups is 2. The molecule has 1 radical (unpaired) electrons. The SMILES string of the molecule is C[N+]1=C(/C=C/c2ccc(N3CCOCC3)cc2)C2(CCCCC2)c2ccccc21.O=C1C=C/C(=N\N=c2[n-]cc([N+](=O)[O-])s2)C(O)=C1.O=C1C=CC(=NN=c2[n-]cc([N+](=O)[O-])s2)C(O)=C1.O=[N+]([O-])c1cnc(N=Nc2ccc(O)cc2O)s1.O=[N+]([O-])c1cnc(N=Nc2ccc(O)cc2O)s1.[Co]. The number of phenolic OH excluding ortho intramolecular Hbond substituents is 4. The van der Waals surface area contributed by atoms with Crippen molar-refractivity contribution in [1.82, 2.24) is 19.9 Å². The fraction of sp³-hybridized carbons (Fsp3) is 0.177. The second-order valence-corrected chi connectivity index (χ2v) is 25.0. The summed E-state index contributed by atoms with van der Waals surface area (Å²) in [5.74, 6) is -2.01. The van der Waals surface area contributed by atoms with Crippen LogP contribution in [0.3, 0.4) is 0 Å². The maximum atomic E-state index is 10.9. The van der Waals surface area contributed by atoms with Crippen LogP contribution in [0.2, 0.25) is 0 Å². The van der Waals surface area contributed by atoms with E-state index in [9.17, 15) is 70.5 Å². The number of aromatic nitrogens is 4. The van der Waals surface area contributed by atoms with Crippen molar-refractivity contribution in [2.24, 2.45) is 40.9 Å². The topological polar surface area (TPSA) is 496 Å². The van der Waals surface area contributed by atoms with E-state index in [0.717, 1.165) is 121 Å². The Hall–Kier alpha value is -12.1. The second-order valence-electron chi connectivity index (χ2n) is 21.0. The summed E-state index contributed by atoms with van der Waals surface area (Å²) in [6, 6.07) is 25.6. The Balaban J connectivity index is 0.000000164. The number of ether oxygens (including phenoxy) is 1. The molecule has 13 rings (SSSR count). The van der Waals surface area contributed by atoms with Crippen LogP contribution in [0.4, 0.5) is 53.0 Å². The molecule has 8 aromatic rings. The molecule has 1 spiro atoms. The van der Waals surface area contributed by atoms with Crippen molar-refractivity contribution in [3.05, 3.63) is 225 Å². The van der Waals surface area contributed by atoms with Crippen LogP contribution in [0.5, 0.6) is 23.0 Å². The van der Waals surface area contributed by atoms with Gasteiger partial charge in [0, 0.05) is 99.5 Å². The number of thiazole rings is 4. The zero-order valence-electron chi connectivity index (χ0n) is 52.6. The Morgan fingerprint density at radius 3 is 1.48 bits per heavy atom. The van der Waals surface area contributed by atoms with Crippen molar-refractivity contribution in [2.75, 3.05) is 38.3 Å². The molecule has 102 heavy (non-hydrogen) atoms. The summed E-state index contributed by atoms with van der Waals surface area (Å²) in [5.41, 5.74) is 7.60. The van der Waals surface area contributed by atoms with Crippen LogP contribution >= 0.6 is 45.3 Å². The monoisotopic (exact) mass is 1510 g/mol. The number of morpholine rings is 1. The van der Waals surface area contributed by atoms with E-state index < -0.39 is 19.7 Å². The molecule has 527 valence electrons. The van der Waals surface area contributed by atoms with Gasteiger partial charge < -0.3 is 60.4 Å². The largest absolute Gasteiger partial charge is 0.508 e. The summed E-state index contributed by atoms with van der Waals surface area (Å²) in [4.78, 5) is 78.4. The Morgan fingerprint density at radius 1 is 0.578 bits per heavy atom. The van der Waals surface area contributed by atoms with Crippen LogP contribution in [0, 0.1) is 40.5 Å². The summed E-state index contributed by atoms with van der Waals surface area (Å²) >= 11 is 3.05. The molecule has 4 aromatic carbocycles. The Labute approximate surface area is 600 Å². The number of carbonyl (C=O) groups excluding carboxylic acids is 2. The molecule has 1 saturated carbocycles. The molecule has 2 fully saturated rings. The number of ketones is 2. The van der Waals surface area contributed by atoms with Crippen molar-refractivity contribution in [1.29, 1.82) is 0 Å². The fourth-order valence-electron chi connectivity index (χ4n) is 9.81. The normalized spacial score (nSPS) is 16.3. The fourth-order valence-corrected chi connectivity index (χ4v) is 12.0. The molecule has 3 aliphatic carbocycles. The molecule has 5 aliphatic rings. The van der Waals surface area contributed by atoms with Crippen LogP contribution in [0.25, 0.3) is 6.08 Å². The van der Waals surface area contributed by atoms with E-state index in [0.29, 0.717) is 0 Å². The minimum atomic E-state index is -0.583. The molecule has 1 saturated heterocycles. The van der Waals surface area contributed by atoms with E-state index >= 15 is 0 Å². The van der Waals surface area contributed by atoms with Crippen LogP contribution in [-0.4, -0.2) is 127 Å². The number of hydrogen-bond donors (Lipinski definition) is 6. The van der Waals surface area contributed by atoms with Gasteiger partial charge in [-0.3, -0.25) is 60.2 Å². The average Bonchev–Trinajstić information content (AvgIpc) is 1.58. The molecule has 0 atom stereocenters. The number of azo groups is 2. The van der Waals surface area contributed by atoms with E-state index in [2.05, 4.69) is 138 Å². The van der Waals surface area contributed by atoms with Gasteiger partial charge >= 0.3 is 20.0 Å². The molecule has 6 N–H and O–H groups in total. The number of nitrogens with zero attached hydrogens (tertiary/aromatic N) is 18. The molecule has 35 nitrogen and oxygen atoms in total. The number of fused-ring (bicyclic) bond motifs is 2. The van der Waals surface area contributed by atoms with Gasteiger partial charge in [-0.25, -0.2) is 9.97 Å². The standard InChI is InChI=1S/C26H31N2O.4C9H6N4O4S.Co/c1-27-24-8-4-3-7-23(24)26(15-5-2-6-16-26)25(27)14-11-21-9-12-22(13-10-21)28-17-19-29-20-18-28;4*14-5-1-2-6(7(15)3-5)11-12-9-10-4-8(18-9)13(16)17;/h3-4,7-14H,2,5-6,15-20H2,1H3;2*1-4H,(H2,10,12,14,15);2*1-4,14-15H;/q+1;;;;;/p-2. The van der Waals surface area contributed by atoms with E-state index in [-0.39, 0.29) is 131 Å². The molecular formula is C62H53CoN18O17S4-. The van der Waals surface area contributed by atoms with Crippen molar-refractivity contribution < 1.29 is 86.0 Å².